The van der Waals surface area contributed by atoms with Gasteiger partial charge in [0.1, 0.15) is 22.2 Å². The van der Waals surface area contributed by atoms with Gasteiger partial charge in [-0.2, -0.15) is 0 Å². The van der Waals surface area contributed by atoms with Gasteiger partial charge in [0.05, 0.1) is 25.0 Å². The molecular weight excluding hydrogens is 340 g/mol. The van der Waals surface area contributed by atoms with E-state index < -0.39 is 0 Å². The lowest BCUT2D eigenvalue weighted by atomic mass is 10.2. The molecule has 0 fully saturated rings. The molecule has 1 aromatic carbocycles. The summed E-state index contributed by atoms with van der Waals surface area (Å²) < 4.78 is 15.8. The van der Waals surface area contributed by atoms with Crippen molar-refractivity contribution < 1.29 is 19.0 Å². The fraction of sp³-hybridized carbons (Fsp3) is 0.389. The molecule has 1 atom stereocenters. The summed E-state index contributed by atoms with van der Waals surface area (Å²) in [6.45, 7) is 13.5. The third-order valence-electron chi connectivity index (χ3n) is 3.46. The first-order valence-electron chi connectivity index (χ1n) is 7.82. The number of benzene rings is 1. The van der Waals surface area contributed by atoms with Gasteiger partial charge in [-0.05, 0) is 32.9 Å². The summed E-state index contributed by atoms with van der Waals surface area (Å²) in [4.78, 5) is 20.4. The van der Waals surface area contributed by atoms with Crippen molar-refractivity contribution in [2.45, 2.75) is 26.9 Å². The number of aryl methyl sites for hydroxylation is 1. The zero-order valence-corrected chi connectivity index (χ0v) is 15.5. The van der Waals surface area contributed by atoms with Gasteiger partial charge in [0.2, 0.25) is 5.69 Å². The standard InChI is InChI=1S/C18H20N2O4S/c1-6-23-18(21)16-12(3)20-17(25-16)13-7-8-15(14(9-13)19-4)24-10-11(2)22-5/h7-9,11H,6,10H2,1-3,5H3. The number of rotatable bonds is 7. The lowest BCUT2D eigenvalue weighted by Gasteiger charge is -2.13. The van der Waals surface area contributed by atoms with E-state index in [-0.39, 0.29) is 12.1 Å². The van der Waals surface area contributed by atoms with E-state index in [0.29, 0.717) is 40.2 Å². The van der Waals surface area contributed by atoms with Gasteiger partial charge in [-0.3, -0.25) is 0 Å². The molecule has 0 amide bonds. The second kappa shape index (κ2) is 8.60. The van der Waals surface area contributed by atoms with Crippen molar-refractivity contribution in [1.82, 2.24) is 4.98 Å². The molecule has 0 spiro atoms. The summed E-state index contributed by atoms with van der Waals surface area (Å²) in [6.07, 6.45) is -0.0630. The number of esters is 1. The molecule has 0 aliphatic carbocycles. The predicted octanol–water partition coefficient (Wildman–Crippen LogP) is 4.26. The number of hydrogen-bond donors (Lipinski definition) is 0. The van der Waals surface area contributed by atoms with Crippen LogP contribution in [0.5, 0.6) is 5.75 Å². The van der Waals surface area contributed by atoms with Crippen molar-refractivity contribution in [2.24, 2.45) is 0 Å². The lowest BCUT2D eigenvalue weighted by molar-refractivity contribution is 0.0531. The average Bonchev–Trinajstić information content (AvgIpc) is 3.01. The molecule has 0 aliphatic rings. The summed E-state index contributed by atoms with van der Waals surface area (Å²) in [5, 5.41) is 0.669. The first kappa shape index (κ1) is 18.9. The summed E-state index contributed by atoms with van der Waals surface area (Å²) in [5.41, 5.74) is 1.78. The number of methoxy groups -OCH3 is 1. The van der Waals surface area contributed by atoms with Crippen LogP contribution < -0.4 is 4.74 Å². The van der Waals surface area contributed by atoms with Crippen LogP contribution in [0.3, 0.4) is 0 Å². The molecule has 2 rings (SSSR count). The molecule has 25 heavy (non-hydrogen) atoms. The highest BCUT2D eigenvalue weighted by Gasteiger charge is 2.18. The largest absolute Gasteiger partial charge is 0.502 e. The number of carbonyl (C=O) groups is 1. The normalized spacial score (nSPS) is 11.6. The molecule has 0 radical (unpaired) electrons. The topological polar surface area (TPSA) is 62.0 Å². The third kappa shape index (κ3) is 4.56. The van der Waals surface area contributed by atoms with Gasteiger partial charge in [-0.15, -0.1) is 11.3 Å². The van der Waals surface area contributed by atoms with E-state index in [2.05, 4.69) is 9.83 Å². The Balaban J connectivity index is 2.27. The summed E-state index contributed by atoms with van der Waals surface area (Å²) >= 11 is 1.26. The van der Waals surface area contributed by atoms with E-state index >= 15 is 0 Å². The molecule has 0 aliphatic heterocycles. The Morgan fingerprint density at radius 3 is 2.84 bits per heavy atom. The maximum absolute atomic E-state index is 11.9. The van der Waals surface area contributed by atoms with Gasteiger partial charge >= 0.3 is 5.97 Å². The zero-order chi connectivity index (χ0) is 18.4. The number of carbonyl (C=O) groups excluding carboxylic acids is 1. The molecule has 1 aromatic heterocycles. The fourth-order valence-electron chi connectivity index (χ4n) is 2.04. The number of thiazole rings is 1. The Morgan fingerprint density at radius 1 is 1.44 bits per heavy atom. The SMILES string of the molecule is [C-]#[N+]c1cc(-c2nc(C)c(C(=O)OCC)s2)ccc1OCC(C)OC. The van der Waals surface area contributed by atoms with Gasteiger partial charge in [-0.1, -0.05) is 6.07 Å². The lowest BCUT2D eigenvalue weighted by Crippen LogP contribution is -2.15. The van der Waals surface area contributed by atoms with E-state index in [4.69, 9.17) is 20.8 Å². The van der Waals surface area contributed by atoms with Crippen LogP contribution in [0.25, 0.3) is 15.4 Å². The van der Waals surface area contributed by atoms with Crippen molar-refractivity contribution >= 4 is 23.0 Å². The minimum absolute atomic E-state index is 0.0630. The second-order valence-corrected chi connectivity index (χ2v) is 6.30. The van der Waals surface area contributed by atoms with Crippen molar-refractivity contribution in [3.8, 4) is 16.3 Å². The molecule has 1 unspecified atom stereocenters. The summed E-state index contributed by atoms with van der Waals surface area (Å²) in [7, 11) is 1.61. The van der Waals surface area contributed by atoms with E-state index in [1.165, 1.54) is 11.3 Å². The number of ether oxygens (including phenoxy) is 3. The third-order valence-corrected chi connectivity index (χ3v) is 4.65. The van der Waals surface area contributed by atoms with Gasteiger partial charge < -0.3 is 14.2 Å². The highest BCUT2D eigenvalue weighted by molar-refractivity contribution is 7.17. The van der Waals surface area contributed by atoms with E-state index in [0.717, 1.165) is 5.56 Å². The van der Waals surface area contributed by atoms with Crippen LogP contribution in [0.2, 0.25) is 0 Å². The van der Waals surface area contributed by atoms with Crippen molar-refractivity contribution in [1.29, 1.82) is 0 Å². The average molecular weight is 360 g/mol. The van der Waals surface area contributed by atoms with Gasteiger partial charge in [0.15, 0.2) is 0 Å². The molecule has 0 N–H and O–H groups in total. The van der Waals surface area contributed by atoms with Gasteiger partial charge in [0.25, 0.3) is 0 Å². The van der Waals surface area contributed by atoms with Gasteiger partial charge in [-0.25, -0.2) is 14.6 Å². The van der Waals surface area contributed by atoms with Crippen molar-refractivity contribution in [3.63, 3.8) is 0 Å². The van der Waals surface area contributed by atoms with Crippen LogP contribution >= 0.6 is 11.3 Å². The molecule has 6 nitrogen and oxygen atoms in total. The van der Waals surface area contributed by atoms with Crippen LogP contribution in [0.1, 0.15) is 29.2 Å². The molecule has 1 heterocycles. The highest BCUT2D eigenvalue weighted by Crippen LogP contribution is 2.35. The number of hydrogen-bond acceptors (Lipinski definition) is 6. The zero-order valence-electron chi connectivity index (χ0n) is 14.7. The number of aromatic nitrogens is 1. The first-order chi connectivity index (χ1) is 12.0. The summed E-state index contributed by atoms with van der Waals surface area (Å²) in [5.74, 6) is 0.129. The monoisotopic (exact) mass is 360 g/mol. The van der Waals surface area contributed by atoms with Crippen LogP contribution in [-0.2, 0) is 9.47 Å². The maximum Gasteiger partial charge on any atom is 0.350 e. The van der Waals surface area contributed by atoms with Crippen LogP contribution in [0.4, 0.5) is 5.69 Å². The Morgan fingerprint density at radius 2 is 2.20 bits per heavy atom. The molecule has 0 saturated heterocycles. The molecule has 132 valence electrons. The van der Waals surface area contributed by atoms with E-state index in [1.54, 1.807) is 33.1 Å². The maximum atomic E-state index is 11.9. The second-order valence-electron chi connectivity index (χ2n) is 5.31. The van der Waals surface area contributed by atoms with Gasteiger partial charge in [0, 0.05) is 12.7 Å². The van der Waals surface area contributed by atoms with Crippen LogP contribution in [-0.4, -0.2) is 37.4 Å². The molecule has 0 saturated carbocycles. The fourth-order valence-corrected chi connectivity index (χ4v) is 3.00. The first-order valence-corrected chi connectivity index (χ1v) is 8.63. The Bertz CT molecular complexity index is 795. The Hall–Kier alpha value is -2.43. The Kier molecular flexibility index (Phi) is 6.51. The van der Waals surface area contributed by atoms with Crippen LogP contribution in [0.15, 0.2) is 18.2 Å². The molecular formula is C18H20N2O4S. The predicted molar refractivity (Wildman–Crippen MR) is 96.5 cm³/mol. The van der Waals surface area contributed by atoms with E-state index in [9.17, 15) is 4.79 Å². The number of nitrogens with zero attached hydrogens (tertiary/aromatic N) is 2. The molecule has 7 heteroatoms. The molecule has 2 aromatic rings. The quantitative estimate of drug-likeness (QED) is 0.545. The highest BCUT2D eigenvalue weighted by atomic mass is 32.1. The smallest absolute Gasteiger partial charge is 0.350 e. The Labute approximate surface area is 151 Å². The minimum atomic E-state index is -0.373. The summed E-state index contributed by atoms with van der Waals surface area (Å²) in [6, 6.07) is 5.29. The molecule has 0 bridgehead atoms. The van der Waals surface area contributed by atoms with E-state index in [1.807, 2.05) is 13.0 Å². The van der Waals surface area contributed by atoms with Crippen molar-refractivity contribution in [3.05, 3.63) is 40.2 Å². The minimum Gasteiger partial charge on any atom is -0.502 e. The van der Waals surface area contributed by atoms with Crippen molar-refractivity contribution in [2.75, 3.05) is 20.3 Å². The van der Waals surface area contributed by atoms with Crippen LogP contribution in [0, 0.1) is 13.5 Å².